The van der Waals surface area contributed by atoms with Crippen LogP contribution in [-0.4, -0.2) is 27.8 Å². The molecule has 0 bridgehead atoms. The summed E-state index contributed by atoms with van der Waals surface area (Å²) in [5, 5.41) is 20.9. The highest BCUT2D eigenvalue weighted by atomic mass is 16.6. The van der Waals surface area contributed by atoms with Crippen LogP contribution in [0.15, 0.2) is 46.9 Å². The van der Waals surface area contributed by atoms with E-state index in [0.29, 0.717) is 36.5 Å². The molecule has 0 radical (unpaired) electrons. The van der Waals surface area contributed by atoms with Crippen molar-refractivity contribution in [3.8, 4) is 0 Å². The first-order chi connectivity index (χ1) is 14.5. The number of nitrogens with zero attached hydrogens (tertiary/aromatic N) is 1. The maximum Gasteiger partial charge on any atom is 0.238 e. The van der Waals surface area contributed by atoms with E-state index in [0.717, 1.165) is 0 Å². The zero-order chi connectivity index (χ0) is 21.0. The average Bonchev–Trinajstić information content (AvgIpc) is 3.43. The van der Waals surface area contributed by atoms with Crippen molar-refractivity contribution in [1.82, 2.24) is 0 Å². The van der Waals surface area contributed by atoms with Crippen LogP contribution in [0.1, 0.15) is 43.8 Å². The zero-order valence-corrected chi connectivity index (χ0v) is 16.7. The van der Waals surface area contributed by atoms with E-state index in [1.54, 1.807) is 36.4 Å². The van der Waals surface area contributed by atoms with Crippen LogP contribution in [0.5, 0.6) is 0 Å². The number of carbonyl (C=O) groups excluding carboxylic acids is 2. The molecule has 1 aromatic carbocycles. The van der Waals surface area contributed by atoms with Crippen molar-refractivity contribution < 1.29 is 29.0 Å². The van der Waals surface area contributed by atoms with Crippen molar-refractivity contribution in [3.05, 3.63) is 54.0 Å². The fourth-order valence-electron chi connectivity index (χ4n) is 5.61. The topological polar surface area (TPSA) is 100 Å². The minimum Gasteiger partial charge on any atom is -0.461 e. The van der Waals surface area contributed by atoms with E-state index in [1.807, 2.05) is 13.0 Å². The predicted molar refractivity (Wildman–Crippen MR) is 106 cm³/mol. The minimum absolute atomic E-state index is 0.194. The molecule has 158 valence electrons. The summed E-state index contributed by atoms with van der Waals surface area (Å²) in [7, 11) is 0. The standard InChI is InChI=1S/C23H25NO6/c1-2-13-10-16-20(22(27)24(21(16)26)14-6-4-3-5-7-14)17-11-19(30-23(13,17)28)18-9-8-15(12-25)29-18/h3-9,13,16-17,19-20,25,28H,2,10-12H2,1H3/t13-,16-,17-,19-,20-,23+/m0/s1. The van der Waals surface area contributed by atoms with Gasteiger partial charge in [0.15, 0.2) is 5.79 Å². The number of benzene rings is 1. The second-order valence-corrected chi connectivity index (χ2v) is 8.48. The van der Waals surface area contributed by atoms with Gasteiger partial charge in [-0.05, 0) is 43.5 Å². The van der Waals surface area contributed by atoms with E-state index in [9.17, 15) is 19.8 Å². The largest absolute Gasteiger partial charge is 0.461 e. The number of rotatable bonds is 4. The highest BCUT2D eigenvalue weighted by Gasteiger charge is 2.66. The SMILES string of the molecule is CC[C@H]1C[C@@H]2C(=O)N(c3ccccc3)C(=O)[C@@H]2[C@@H]2C[C@@H](c3ccc(CO)o3)O[C@]12O. The Morgan fingerprint density at radius 1 is 1.10 bits per heavy atom. The highest BCUT2D eigenvalue weighted by Crippen LogP contribution is 2.59. The lowest BCUT2D eigenvalue weighted by Crippen LogP contribution is -2.53. The molecule has 3 heterocycles. The Morgan fingerprint density at radius 2 is 1.87 bits per heavy atom. The molecule has 2 N–H and O–H groups in total. The van der Waals surface area contributed by atoms with Crippen LogP contribution in [-0.2, 0) is 20.9 Å². The van der Waals surface area contributed by atoms with Crippen LogP contribution in [0.3, 0.4) is 0 Å². The number of anilines is 1. The van der Waals surface area contributed by atoms with Gasteiger partial charge in [0.2, 0.25) is 11.8 Å². The van der Waals surface area contributed by atoms with Crippen LogP contribution in [0, 0.1) is 23.7 Å². The lowest BCUT2D eigenvalue weighted by Gasteiger charge is -2.44. The summed E-state index contributed by atoms with van der Waals surface area (Å²) >= 11 is 0. The molecule has 3 aliphatic rings. The molecule has 1 aromatic heterocycles. The molecule has 2 amide bonds. The van der Waals surface area contributed by atoms with E-state index in [4.69, 9.17) is 9.15 Å². The maximum atomic E-state index is 13.4. The summed E-state index contributed by atoms with van der Waals surface area (Å²) in [6.45, 7) is 1.74. The van der Waals surface area contributed by atoms with Crippen LogP contribution >= 0.6 is 0 Å². The van der Waals surface area contributed by atoms with E-state index in [1.165, 1.54) is 4.90 Å². The first-order valence-corrected chi connectivity index (χ1v) is 10.5. The predicted octanol–water partition coefficient (Wildman–Crippen LogP) is 2.77. The smallest absolute Gasteiger partial charge is 0.238 e. The Balaban J connectivity index is 1.51. The second kappa shape index (κ2) is 7.04. The van der Waals surface area contributed by atoms with Crippen molar-refractivity contribution in [1.29, 1.82) is 0 Å². The molecule has 2 aliphatic heterocycles. The normalized spacial score (nSPS) is 35.6. The molecular weight excluding hydrogens is 386 g/mol. The molecule has 0 spiro atoms. The minimum atomic E-state index is -1.49. The van der Waals surface area contributed by atoms with Gasteiger partial charge in [-0.2, -0.15) is 0 Å². The number of para-hydroxylation sites is 1. The van der Waals surface area contributed by atoms with Crippen molar-refractivity contribution in [2.24, 2.45) is 23.7 Å². The van der Waals surface area contributed by atoms with E-state index in [2.05, 4.69) is 0 Å². The van der Waals surface area contributed by atoms with Crippen LogP contribution in [0.2, 0.25) is 0 Å². The Morgan fingerprint density at radius 3 is 2.53 bits per heavy atom. The molecule has 1 aliphatic carbocycles. The fourth-order valence-corrected chi connectivity index (χ4v) is 5.61. The van der Waals surface area contributed by atoms with Crippen LogP contribution < -0.4 is 4.90 Å². The van der Waals surface area contributed by atoms with Crippen LogP contribution in [0.25, 0.3) is 0 Å². The quantitative estimate of drug-likeness (QED) is 0.751. The lowest BCUT2D eigenvalue weighted by molar-refractivity contribution is -0.270. The maximum absolute atomic E-state index is 13.4. The first-order valence-electron chi connectivity index (χ1n) is 10.5. The summed E-state index contributed by atoms with van der Waals surface area (Å²) in [6.07, 6.45) is 0.903. The van der Waals surface area contributed by atoms with Crippen LogP contribution in [0.4, 0.5) is 5.69 Å². The van der Waals surface area contributed by atoms with Crippen molar-refractivity contribution in [2.45, 2.75) is 44.7 Å². The monoisotopic (exact) mass is 411 g/mol. The molecule has 3 fully saturated rings. The van der Waals surface area contributed by atoms with E-state index >= 15 is 0 Å². The molecular formula is C23H25NO6. The van der Waals surface area contributed by atoms with Crippen molar-refractivity contribution >= 4 is 17.5 Å². The van der Waals surface area contributed by atoms with Gasteiger partial charge in [0.25, 0.3) is 0 Å². The fraction of sp³-hybridized carbons (Fsp3) is 0.478. The molecule has 7 nitrogen and oxygen atoms in total. The Labute approximate surface area is 174 Å². The summed E-state index contributed by atoms with van der Waals surface area (Å²) in [4.78, 5) is 27.9. The molecule has 5 rings (SSSR count). The third kappa shape index (κ3) is 2.69. The number of fused-ring (bicyclic) bond motifs is 3. The number of aliphatic hydroxyl groups is 2. The van der Waals surface area contributed by atoms with E-state index in [-0.39, 0.29) is 24.3 Å². The third-order valence-corrected chi connectivity index (χ3v) is 7.03. The molecule has 2 saturated heterocycles. The molecule has 6 atom stereocenters. The summed E-state index contributed by atoms with van der Waals surface area (Å²) in [5.74, 6) is -2.85. The second-order valence-electron chi connectivity index (χ2n) is 8.48. The average molecular weight is 411 g/mol. The van der Waals surface area contributed by atoms with Gasteiger partial charge >= 0.3 is 0 Å². The Bertz CT molecular complexity index is 971. The zero-order valence-electron chi connectivity index (χ0n) is 16.7. The molecule has 7 heteroatoms. The van der Waals surface area contributed by atoms with Gasteiger partial charge in [0.1, 0.15) is 24.2 Å². The van der Waals surface area contributed by atoms with Gasteiger partial charge in [0.05, 0.1) is 17.5 Å². The third-order valence-electron chi connectivity index (χ3n) is 7.03. The summed E-state index contributed by atoms with van der Waals surface area (Å²) in [5.41, 5.74) is 0.563. The number of ether oxygens (including phenoxy) is 1. The van der Waals surface area contributed by atoms with Gasteiger partial charge in [-0.1, -0.05) is 25.1 Å². The van der Waals surface area contributed by atoms with Gasteiger partial charge < -0.3 is 19.4 Å². The highest BCUT2D eigenvalue weighted by molar-refractivity contribution is 6.22. The van der Waals surface area contributed by atoms with Gasteiger partial charge in [-0.25, -0.2) is 0 Å². The van der Waals surface area contributed by atoms with Gasteiger partial charge in [-0.3, -0.25) is 14.5 Å². The number of aliphatic hydroxyl groups excluding tert-OH is 1. The number of furan rings is 1. The van der Waals surface area contributed by atoms with Gasteiger partial charge in [0, 0.05) is 11.8 Å². The molecule has 2 aromatic rings. The van der Waals surface area contributed by atoms with Gasteiger partial charge in [-0.15, -0.1) is 0 Å². The van der Waals surface area contributed by atoms with Crippen molar-refractivity contribution in [2.75, 3.05) is 4.90 Å². The number of imide groups is 1. The van der Waals surface area contributed by atoms with Crippen molar-refractivity contribution in [3.63, 3.8) is 0 Å². The Kier molecular flexibility index (Phi) is 4.57. The first kappa shape index (κ1) is 19.5. The molecule has 0 unspecified atom stereocenters. The number of hydrogen-bond donors (Lipinski definition) is 2. The lowest BCUT2D eigenvalue weighted by atomic mass is 9.64. The Hall–Kier alpha value is -2.48. The molecule has 30 heavy (non-hydrogen) atoms. The number of hydrogen-bond acceptors (Lipinski definition) is 6. The molecule has 1 saturated carbocycles. The van der Waals surface area contributed by atoms with E-state index < -0.39 is 29.6 Å². The summed E-state index contributed by atoms with van der Waals surface area (Å²) < 4.78 is 11.8. The summed E-state index contributed by atoms with van der Waals surface area (Å²) in [6, 6.07) is 12.3. The number of carbonyl (C=O) groups is 2. The number of amides is 2.